The maximum Gasteiger partial charge on any atom is 0.247 e. The lowest BCUT2D eigenvalue weighted by molar-refractivity contribution is -0.111. The first-order valence-corrected chi connectivity index (χ1v) is 9.87. The predicted molar refractivity (Wildman–Crippen MR) is 120 cm³/mol. The van der Waals surface area contributed by atoms with E-state index in [-0.39, 0.29) is 5.91 Å². The van der Waals surface area contributed by atoms with Gasteiger partial charge in [-0.3, -0.25) is 9.48 Å². The average Bonchev–Trinajstić information content (AvgIpc) is 3.15. The van der Waals surface area contributed by atoms with Crippen LogP contribution >= 0.6 is 15.9 Å². The molecule has 0 saturated heterocycles. The number of aromatic nitrogens is 4. The Balaban J connectivity index is 1.99. The molecule has 2 heterocycles. The van der Waals surface area contributed by atoms with Crippen LogP contribution in [0.1, 0.15) is 0 Å². The van der Waals surface area contributed by atoms with Crippen molar-refractivity contribution in [1.82, 2.24) is 19.7 Å². The van der Waals surface area contributed by atoms with E-state index in [2.05, 4.69) is 42.9 Å². The number of aryl methyl sites for hydroxylation is 1. The monoisotopic (exact) mass is 463 g/mol. The quantitative estimate of drug-likeness (QED) is 0.345. The molecule has 4 rings (SSSR count). The lowest BCUT2D eigenvalue weighted by atomic mass is 10.0. The highest BCUT2D eigenvalue weighted by Crippen LogP contribution is 2.38. The Labute approximate surface area is 181 Å². The van der Waals surface area contributed by atoms with E-state index in [0.29, 0.717) is 27.4 Å². The third-order valence-electron chi connectivity index (χ3n) is 4.56. The molecular weight excluding hydrogens is 446 g/mol. The molecule has 0 bridgehead atoms. The number of methoxy groups -OCH3 is 1. The van der Waals surface area contributed by atoms with Crippen molar-refractivity contribution in [2.24, 2.45) is 7.05 Å². The van der Waals surface area contributed by atoms with E-state index in [1.54, 1.807) is 16.8 Å². The molecule has 0 unspecified atom stereocenters. The predicted octanol–water partition coefficient (Wildman–Crippen LogP) is 4.59. The van der Waals surface area contributed by atoms with E-state index in [9.17, 15) is 4.79 Å². The van der Waals surface area contributed by atoms with Gasteiger partial charge in [0.15, 0.2) is 4.73 Å². The summed E-state index contributed by atoms with van der Waals surface area (Å²) in [5.74, 6) is 0.155. The minimum absolute atomic E-state index is 0.335. The molecule has 0 atom stereocenters. The van der Waals surface area contributed by atoms with Crippen LogP contribution in [0.4, 0.5) is 5.69 Å². The van der Waals surface area contributed by atoms with Crippen LogP contribution in [0.15, 0.2) is 66.1 Å². The second-order valence-corrected chi connectivity index (χ2v) is 7.24. The van der Waals surface area contributed by atoms with Gasteiger partial charge in [0.1, 0.15) is 11.4 Å². The van der Waals surface area contributed by atoms with Gasteiger partial charge in [-0.05, 0) is 28.1 Å². The maximum absolute atomic E-state index is 11.9. The molecule has 150 valence electrons. The number of hydrogen-bond acceptors (Lipinski definition) is 5. The van der Waals surface area contributed by atoms with Crippen LogP contribution in [-0.2, 0) is 11.8 Å². The van der Waals surface area contributed by atoms with Crippen molar-refractivity contribution >= 4 is 38.4 Å². The van der Waals surface area contributed by atoms with Crippen molar-refractivity contribution in [3.8, 4) is 28.3 Å². The molecule has 0 radical (unpaired) electrons. The van der Waals surface area contributed by atoms with Gasteiger partial charge in [-0.25, -0.2) is 9.97 Å². The Hall–Kier alpha value is -3.52. The summed E-state index contributed by atoms with van der Waals surface area (Å²) in [4.78, 5) is 21.0. The van der Waals surface area contributed by atoms with Gasteiger partial charge in [-0.15, -0.1) is 0 Å². The zero-order valence-corrected chi connectivity index (χ0v) is 18.0. The highest BCUT2D eigenvalue weighted by Gasteiger charge is 2.19. The lowest BCUT2D eigenvalue weighted by Gasteiger charge is -2.13. The topological polar surface area (TPSA) is 81.9 Å². The zero-order chi connectivity index (χ0) is 21.3. The lowest BCUT2D eigenvalue weighted by Crippen LogP contribution is -2.08. The van der Waals surface area contributed by atoms with E-state index in [4.69, 9.17) is 4.74 Å². The van der Waals surface area contributed by atoms with Gasteiger partial charge in [0, 0.05) is 35.8 Å². The Kier molecular flexibility index (Phi) is 5.33. The average molecular weight is 464 g/mol. The fourth-order valence-corrected chi connectivity index (χ4v) is 3.62. The first-order chi connectivity index (χ1) is 14.5. The van der Waals surface area contributed by atoms with Crippen LogP contribution in [0, 0.1) is 0 Å². The number of ether oxygens (including phenoxy) is 1. The summed E-state index contributed by atoms with van der Waals surface area (Å²) >= 11 is 3.41. The largest absolute Gasteiger partial charge is 0.494 e. The van der Waals surface area contributed by atoms with Crippen molar-refractivity contribution in [3.63, 3.8) is 0 Å². The Bertz CT molecular complexity index is 1270. The molecule has 0 aliphatic carbocycles. The number of fused-ring (bicyclic) bond motifs is 1. The van der Waals surface area contributed by atoms with E-state index in [1.807, 2.05) is 43.6 Å². The Morgan fingerprint density at radius 3 is 2.67 bits per heavy atom. The summed E-state index contributed by atoms with van der Waals surface area (Å²) < 4.78 is 7.64. The van der Waals surface area contributed by atoms with Crippen molar-refractivity contribution < 1.29 is 9.53 Å². The molecule has 7 nitrogen and oxygen atoms in total. The molecule has 0 saturated carbocycles. The fourth-order valence-electron chi connectivity index (χ4n) is 3.25. The van der Waals surface area contributed by atoms with Crippen molar-refractivity contribution in [2.45, 2.75) is 0 Å². The number of carbonyl (C=O) groups is 1. The van der Waals surface area contributed by atoms with Gasteiger partial charge >= 0.3 is 0 Å². The number of hydrogen-bond donors (Lipinski definition) is 1. The van der Waals surface area contributed by atoms with E-state index < -0.39 is 0 Å². The molecule has 8 heteroatoms. The molecule has 1 N–H and O–H groups in total. The van der Waals surface area contributed by atoms with Gasteiger partial charge in [0.25, 0.3) is 0 Å². The molecular formula is C22H18BrN5O2. The number of rotatable bonds is 5. The SMILES string of the molecule is C=CC(=O)Nc1cc2c(-c3cn(C)nc3-c3ccccc3)nc(Br)nc2cc1OC. The molecule has 1 amide bonds. The summed E-state index contributed by atoms with van der Waals surface area (Å²) in [5.41, 5.74) is 4.50. The number of nitrogens with zero attached hydrogens (tertiary/aromatic N) is 4. The summed E-state index contributed by atoms with van der Waals surface area (Å²) in [5, 5.41) is 8.18. The van der Waals surface area contributed by atoms with Crippen molar-refractivity contribution in [3.05, 3.63) is 66.1 Å². The van der Waals surface area contributed by atoms with Crippen LogP contribution in [0.5, 0.6) is 5.75 Å². The molecule has 0 spiro atoms. The highest BCUT2D eigenvalue weighted by atomic mass is 79.9. The van der Waals surface area contributed by atoms with Gasteiger partial charge in [0.05, 0.1) is 24.0 Å². The molecule has 0 aliphatic heterocycles. The van der Waals surface area contributed by atoms with E-state index >= 15 is 0 Å². The Morgan fingerprint density at radius 1 is 1.20 bits per heavy atom. The minimum Gasteiger partial charge on any atom is -0.494 e. The van der Waals surface area contributed by atoms with E-state index in [0.717, 1.165) is 22.2 Å². The number of anilines is 1. The standard InChI is InChI=1S/C22H18BrN5O2/c1-4-19(29)24-17-10-14-16(11-18(17)30-3)25-22(23)26-21(14)15-12-28(2)27-20(15)13-8-6-5-7-9-13/h4-12H,1H2,2-3H3,(H,24,29). The molecule has 4 aromatic rings. The molecule has 2 aromatic heterocycles. The summed E-state index contributed by atoms with van der Waals surface area (Å²) in [7, 11) is 3.41. The van der Waals surface area contributed by atoms with Crippen LogP contribution in [0.2, 0.25) is 0 Å². The second kappa shape index (κ2) is 8.08. The summed E-state index contributed by atoms with van der Waals surface area (Å²) in [6, 6.07) is 13.5. The van der Waals surface area contributed by atoms with Crippen LogP contribution in [-0.4, -0.2) is 32.8 Å². The maximum atomic E-state index is 11.9. The number of benzene rings is 2. The minimum atomic E-state index is -0.335. The number of halogens is 1. The molecule has 0 aliphatic rings. The third kappa shape index (κ3) is 3.69. The Morgan fingerprint density at radius 2 is 1.97 bits per heavy atom. The first-order valence-electron chi connectivity index (χ1n) is 9.08. The number of carbonyl (C=O) groups excluding carboxylic acids is 1. The normalized spacial score (nSPS) is 10.8. The van der Waals surface area contributed by atoms with Crippen molar-refractivity contribution in [1.29, 1.82) is 0 Å². The van der Waals surface area contributed by atoms with Crippen LogP contribution in [0.3, 0.4) is 0 Å². The first kappa shape index (κ1) is 19.8. The third-order valence-corrected chi connectivity index (χ3v) is 4.92. The smallest absolute Gasteiger partial charge is 0.247 e. The van der Waals surface area contributed by atoms with Gasteiger partial charge in [0.2, 0.25) is 5.91 Å². The molecule has 2 aromatic carbocycles. The number of amides is 1. The van der Waals surface area contributed by atoms with Gasteiger partial charge in [-0.2, -0.15) is 5.10 Å². The second-order valence-electron chi connectivity index (χ2n) is 6.54. The van der Waals surface area contributed by atoms with Gasteiger partial charge < -0.3 is 10.1 Å². The van der Waals surface area contributed by atoms with Crippen molar-refractivity contribution in [2.75, 3.05) is 12.4 Å². The summed E-state index contributed by atoms with van der Waals surface area (Å²) in [6.45, 7) is 3.50. The number of nitrogens with one attached hydrogen (secondary N) is 1. The molecule has 30 heavy (non-hydrogen) atoms. The molecule has 0 fully saturated rings. The van der Waals surface area contributed by atoms with E-state index in [1.165, 1.54) is 13.2 Å². The van der Waals surface area contributed by atoms with Crippen LogP contribution in [0.25, 0.3) is 33.4 Å². The summed E-state index contributed by atoms with van der Waals surface area (Å²) in [6.07, 6.45) is 3.13. The van der Waals surface area contributed by atoms with Gasteiger partial charge in [-0.1, -0.05) is 36.9 Å². The zero-order valence-electron chi connectivity index (χ0n) is 16.4. The fraction of sp³-hybridized carbons (Fsp3) is 0.0909. The van der Waals surface area contributed by atoms with Crippen LogP contribution < -0.4 is 10.1 Å². The highest BCUT2D eigenvalue weighted by molar-refractivity contribution is 9.10.